The quantitative estimate of drug-likeness (QED) is 0.759. The van der Waals surface area contributed by atoms with Crippen molar-refractivity contribution in [3.63, 3.8) is 0 Å². The molecule has 0 spiro atoms. The molecule has 1 aliphatic heterocycles. The number of likely N-dealkylation sites (tertiary alicyclic amines) is 1. The molecule has 1 amide bonds. The highest BCUT2D eigenvalue weighted by atomic mass is 19.4. The molecule has 5 nitrogen and oxygen atoms in total. The largest absolute Gasteiger partial charge is 0.401 e. The third kappa shape index (κ3) is 4.93. The van der Waals surface area contributed by atoms with E-state index in [0.717, 1.165) is 41.4 Å². The van der Waals surface area contributed by atoms with Crippen molar-refractivity contribution in [3.8, 4) is 0 Å². The van der Waals surface area contributed by atoms with Gasteiger partial charge in [-0.25, -0.2) is 0 Å². The zero-order valence-electron chi connectivity index (χ0n) is 16.4. The third-order valence-corrected chi connectivity index (χ3v) is 5.99. The Balaban J connectivity index is 1.26. The van der Waals surface area contributed by atoms with Crippen LogP contribution in [0.5, 0.6) is 0 Å². The van der Waals surface area contributed by atoms with E-state index in [1.54, 1.807) is 6.20 Å². The number of fused-ring (bicyclic) bond motifs is 2. The molecule has 1 saturated carbocycles. The molecule has 1 aliphatic carbocycles. The molecular formula is C21H26F3N3O2. The van der Waals surface area contributed by atoms with Gasteiger partial charge in [-0.2, -0.15) is 13.2 Å². The van der Waals surface area contributed by atoms with Gasteiger partial charge >= 0.3 is 6.18 Å². The zero-order chi connectivity index (χ0) is 20.6. The summed E-state index contributed by atoms with van der Waals surface area (Å²) in [5.41, 5.74) is 2.85. The first-order valence-corrected chi connectivity index (χ1v) is 10.0. The molecule has 2 fully saturated rings. The van der Waals surface area contributed by atoms with Crippen LogP contribution < -0.4 is 5.32 Å². The van der Waals surface area contributed by atoms with Crippen LogP contribution in [0.1, 0.15) is 25.3 Å². The second-order valence-corrected chi connectivity index (χ2v) is 8.31. The van der Waals surface area contributed by atoms with Gasteiger partial charge in [0, 0.05) is 37.1 Å². The van der Waals surface area contributed by atoms with Crippen LogP contribution in [0.3, 0.4) is 0 Å². The Morgan fingerprint density at radius 2 is 2.00 bits per heavy atom. The number of amides is 1. The minimum absolute atomic E-state index is 0.111. The number of rotatable bonds is 6. The molecule has 2 aromatic rings. The van der Waals surface area contributed by atoms with Crippen LogP contribution in [-0.2, 0) is 16.0 Å². The highest BCUT2D eigenvalue weighted by Crippen LogP contribution is 2.40. The number of benzene rings is 1. The summed E-state index contributed by atoms with van der Waals surface area (Å²) < 4.78 is 43.7. The number of H-pyrrole nitrogens is 1. The number of carbonyl (C=O) groups is 1. The van der Waals surface area contributed by atoms with Gasteiger partial charge < -0.3 is 15.0 Å². The molecule has 3 atom stereocenters. The van der Waals surface area contributed by atoms with Crippen molar-refractivity contribution in [3.05, 3.63) is 30.0 Å². The molecule has 1 aromatic heterocycles. The fourth-order valence-corrected chi connectivity index (χ4v) is 4.82. The normalized spacial score (nSPS) is 24.9. The van der Waals surface area contributed by atoms with E-state index in [0.29, 0.717) is 31.5 Å². The Kier molecular flexibility index (Phi) is 5.57. The van der Waals surface area contributed by atoms with Crippen molar-refractivity contribution in [1.82, 2.24) is 9.88 Å². The Hall–Kier alpha value is -2.06. The Bertz CT molecular complexity index is 866. The molecule has 2 heterocycles. The van der Waals surface area contributed by atoms with Crippen molar-refractivity contribution in [2.75, 3.05) is 31.6 Å². The van der Waals surface area contributed by atoms with Gasteiger partial charge in [0.2, 0.25) is 5.91 Å². The number of aromatic nitrogens is 1. The van der Waals surface area contributed by atoms with Crippen molar-refractivity contribution < 1.29 is 22.7 Å². The molecule has 2 N–H and O–H groups in total. The molecule has 2 aliphatic rings. The van der Waals surface area contributed by atoms with E-state index in [1.165, 1.54) is 11.8 Å². The monoisotopic (exact) mass is 409 g/mol. The Labute approximate surface area is 167 Å². The number of hydrogen-bond acceptors (Lipinski definition) is 3. The summed E-state index contributed by atoms with van der Waals surface area (Å²) in [4.78, 5) is 16.0. The van der Waals surface area contributed by atoms with Crippen LogP contribution >= 0.6 is 0 Å². The van der Waals surface area contributed by atoms with Gasteiger partial charge in [0.25, 0.3) is 0 Å². The maximum atomic E-state index is 12.6. The van der Waals surface area contributed by atoms with Crippen LogP contribution in [0.25, 0.3) is 10.9 Å². The lowest BCUT2D eigenvalue weighted by Crippen LogP contribution is -2.33. The van der Waals surface area contributed by atoms with Gasteiger partial charge in [-0.05, 0) is 48.8 Å². The van der Waals surface area contributed by atoms with Gasteiger partial charge in [0.15, 0.2) is 0 Å². The first-order valence-electron chi connectivity index (χ1n) is 10.0. The number of aromatic amines is 1. The first kappa shape index (κ1) is 20.2. The summed E-state index contributed by atoms with van der Waals surface area (Å²) in [6.45, 7) is 2.32. The van der Waals surface area contributed by atoms with Crippen molar-refractivity contribution >= 4 is 22.5 Å². The van der Waals surface area contributed by atoms with Crippen molar-refractivity contribution in [1.29, 1.82) is 0 Å². The molecule has 158 valence electrons. The third-order valence-electron chi connectivity index (χ3n) is 5.99. The molecule has 0 bridgehead atoms. The molecule has 0 unspecified atom stereocenters. The van der Waals surface area contributed by atoms with Gasteiger partial charge in [0.1, 0.15) is 0 Å². The number of anilines is 1. The Morgan fingerprint density at radius 1 is 1.28 bits per heavy atom. The minimum atomic E-state index is -4.12. The van der Waals surface area contributed by atoms with Gasteiger partial charge in [-0.3, -0.25) is 9.69 Å². The maximum Gasteiger partial charge on any atom is 0.401 e. The lowest BCUT2D eigenvalue weighted by Gasteiger charge is -2.20. The smallest absolute Gasteiger partial charge is 0.378 e. The second-order valence-electron chi connectivity index (χ2n) is 8.31. The van der Waals surface area contributed by atoms with E-state index >= 15 is 0 Å². The van der Waals surface area contributed by atoms with Gasteiger partial charge in [-0.1, -0.05) is 6.07 Å². The molecule has 1 aromatic carbocycles. The maximum absolute atomic E-state index is 12.6. The number of alkyl halides is 3. The summed E-state index contributed by atoms with van der Waals surface area (Å²) in [5.74, 6) is 0.526. The molecule has 0 radical (unpaired) electrons. The van der Waals surface area contributed by atoms with Crippen molar-refractivity contribution in [2.24, 2.45) is 11.8 Å². The lowest BCUT2D eigenvalue weighted by molar-refractivity contribution is -0.144. The summed E-state index contributed by atoms with van der Waals surface area (Å²) in [6, 6.07) is 6.09. The van der Waals surface area contributed by atoms with Crippen LogP contribution in [-0.4, -0.2) is 54.3 Å². The first-order chi connectivity index (χ1) is 13.8. The van der Waals surface area contributed by atoms with Crippen LogP contribution in [0, 0.1) is 11.8 Å². The highest BCUT2D eigenvalue weighted by molar-refractivity contribution is 6.01. The lowest BCUT2D eigenvalue weighted by atomic mass is 10.0. The predicted molar refractivity (Wildman–Crippen MR) is 105 cm³/mol. The molecule has 29 heavy (non-hydrogen) atoms. The average Bonchev–Trinajstić information content (AvgIpc) is 3.26. The van der Waals surface area contributed by atoms with E-state index in [9.17, 15) is 18.0 Å². The summed E-state index contributed by atoms with van der Waals surface area (Å²) in [5, 5.41) is 3.79. The zero-order valence-corrected chi connectivity index (χ0v) is 16.4. The molecule has 1 saturated heterocycles. The van der Waals surface area contributed by atoms with Gasteiger partial charge in [0.05, 0.1) is 24.9 Å². The molecular weight excluding hydrogens is 383 g/mol. The summed E-state index contributed by atoms with van der Waals surface area (Å²) in [7, 11) is 0. The standard InChI is InChI=1S/C21H26F3N3O2/c1-13(28)26-20-9-25-19-3-2-14(6-18(19)20)4-5-29-17-7-15-10-27(11-16(15)8-17)12-21(22,23)24/h2-3,6,9,15-17,25H,4-5,7-8,10-12H2,1H3,(H,26,28)/t15-,16+,17-. The number of carbonyl (C=O) groups excluding carboxylic acids is 1. The topological polar surface area (TPSA) is 57.4 Å². The molecule has 4 rings (SSSR count). The highest BCUT2D eigenvalue weighted by Gasteiger charge is 2.44. The van der Waals surface area contributed by atoms with Crippen molar-refractivity contribution in [2.45, 2.75) is 38.5 Å². The Morgan fingerprint density at radius 3 is 2.66 bits per heavy atom. The van der Waals surface area contributed by atoms with Crippen LogP contribution in [0.15, 0.2) is 24.4 Å². The average molecular weight is 409 g/mol. The van der Waals surface area contributed by atoms with Crippen LogP contribution in [0.4, 0.5) is 18.9 Å². The van der Waals surface area contributed by atoms with E-state index in [2.05, 4.69) is 16.4 Å². The number of nitrogens with zero attached hydrogens (tertiary/aromatic N) is 1. The minimum Gasteiger partial charge on any atom is -0.378 e. The summed E-state index contributed by atoms with van der Waals surface area (Å²) in [6.07, 6.45) is 0.266. The van der Waals surface area contributed by atoms with E-state index < -0.39 is 12.7 Å². The number of halogens is 3. The second kappa shape index (κ2) is 7.99. The molecule has 8 heteroatoms. The van der Waals surface area contributed by atoms with E-state index in [-0.39, 0.29) is 12.0 Å². The van der Waals surface area contributed by atoms with Crippen LogP contribution in [0.2, 0.25) is 0 Å². The summed E-state index contributed by atoms with van der Waals surface area (Å²) >= 11 is 0. The van der Waals surface area contributed by atoms with E-state index in [4.69, 9.17) is 4.74 Å². The van der Waals surface area contributed by atoms with E-state index in [1.807, 2.05) is 12.1 Å². The fourth-order valence-electron chi connectivity index (χ4n) is 4.82. The predicted octanol–water partition coefficient (Wildman–Crippen LogP) is 3.96. The fraction of sp³-hybridized carbons (Fsp3) is 0.571. The number of hydrogen-bond donors (Lipinski definition) is 2. The number of ether oxygens (including phenoxy) is 1. The SMILES string of the molecule is CC(=O)Nc1c[nH]c2ccc(CCO[C@@H]3C[C@@H]4CN(CC(F)(F)F)C[C@@H]4C3)cc12. The van der Waals surface area contributed by atoms with Gasteiger partial charge in [-0.15, -0.1) is 0 Å². The number of nitrogens with one attached hydrogen (secondary N) is 2.